The molecule has 0 aliphatic rings. The van der Waals surface area contributed by atoms with E-state index in [-0.39, 0.29) is 0 Å². The third kappa shape index (κ3) is 5.98. The topological polar surface area (TPSA) is 21.3 Å². The molecule has 0 heterocycles. The minimum Gasteiger partial charge on any atom is -0.383 e. The zero-order valence-corrected chi connectivity index (χ0v) is 12.3. The van der Waals surface area contributed by atoms with Gasteiger partial charge in [0, 0.05) is 35.4 Å². The molecule has 0 bridgehead atoms. The van der Waals surface area contributed by atoms with Crippen LogP contribution in [0, 0.1) is 0 Å². The number of hydrogen-bond acceptors (Lipinski definition) is 3. The molecule has 5 heteroatoms. The van der Waals surface area contributed by atoms with Crippen LogP contribution in [0.5, 0.6) is 0 Å². The van der Waals surface area contributed by atoms with Gasteiger partial charge >= 0.3 is 0 Å². The van der Waals surface area contributed by atoms with Crippen molar-refractivity contribution in [1.82, 2.24) is 5.32 Å². The second-order valence-corrected chi connectivity index (χ2v) is 5.71. The molecule has 1 unspecified atom stereocenters. The molecule has 1 atom stereocenters. The van der Waals surface area contributed by atoms with Crippen LogP contribution in [-0.4, -0.2) is 32.1 Å². The van der Waals surface area contributed by atoms with Crippen LogP contribution >= 0.6 is 35.0 Å². The summed E-state index contributed by atoms with van der Waals surface area (Å²) in [5, 5.41) is 4.84. The zero-order valence-electron chi connectivity index (χ0n) is 10.0. The molecule has 0 radical (unpaired) electrons. The van der Waals surface area contributed by atoms with E-state index in [1.807, 2.05) is 12.1 Å². The molecule has 1 rings (SSSR count). The van der Waals surface area contributed by atoms with Crippen molar-refractivity contribution in [3.05, 3.63) is 28.2 Å². The molecule has 0 amide bonds. The number of hydrogen-bond donors (Lipinski definition) is 1. The van der Waals surface area contributed by atoms with E-state index in [1.165, 1.54) is 0 Å². The highest BCUT2D eigenvalue weighted by Gasteiger charge is 2.03. The standard InChI is InChI=1S/C12H17Cl2NOS/c1-9(8-16-2)15-5-6-17-12-7-10(13)3-4-11(12)14/h3-4,7,9,15H,5-6,8H2,1-2H3. The minimum absolute atomic E-state index is 0.371. The van der Waals surface area contributed by atoms with Crippen molar-refractivity contribution in [3.63, 3.8) is 0 Å². The first-order valence-corrected chi connectivity index (χ1v) is 7.18. The SMILES string of the molecule is COCC(C)NCCSc1cc(Cl)ccc1Cl. The molecule has 1 N–H and O–H groups in total. The Bertz CT molecular complexity index is 349. The van der Waals surface area contributed by atoms with Gasteiger partial charge in [-0.1, -0.05) is 23.2 Å². The largest absolute Gasteiger partial charge is 0.383 e. The van der Waals surface area contributed by atoms with Gasteiger partial charge in [0.2, 0.25) is 0 Å². The summed E-state index contributed by atoms with van der Waals surface area (Å²) in [7, 11) is 1.71. The lowest BCUT2D eigenvalue weighted by atomic mass is 10.4. The normalized spacial score (nSPS) is 12.7. The highest BCUT2D eigenvalue weighted by atomic mass is 35.5. The van der Waals surface area contributed by atoms with E-state index >= 15 is 0 Å². The number of benzene rings is 1. The second-order valence-electron chi connectivity index (χ2n) is 3.73. The highest BCUT2D eigenvalue weighted by Crippen LogP contribution is 2.29. The lowest BCUT2D eigenvalue weighted by molar-refractivity contribution is 0.173. The molecule has 0 fully saturated rings. The number of thioether (sulfide) groups is 1. The monoisotopic (exact) mass is 293 g/mol. The molecule has 0 aromatic heterocycles. The second kappa shape index (κ2) is 8.22. The van der Waals surface area contributed by atoms with Crippen molar-refractivity contribution in [1.29, 1.82) is 0 Å². The fourth-order valence-corrected chi connectivity index (χ4v) is 2.74. The minimum atomic E-state index is 0.371. The van der Waals surface area contributed by atoms with Crippen molar-refractivity contribution in [3.8, 4) is 0 Å². The van der Waals surface area contributed by atoms with Crippen molar-refractivity contribution in [2.24, 2.45) is 0 Å². The Balaban J connectivity index is 2.28. The number of ether oxygens (including phenoxy) is 1. The van der Waals surface area contributed by atoms with E-state index < -0.39 is 0 Å². The number of nitrogens with one attached hydrogen (secondary N) is 1. The number of methoxy groups -OCH3 is 1. The summed E-state index contributed by atoms with van der Waals surface area (Å²) in [5.41, 5.74) is 0. The summed E-state index contributed by atoms with van der Waals surface area (Å²) < 4.78 is 5.05. The molecule has 1 aromatic carbocycles. The number of halogens is 2. The van der Waals surface area contributed by atoms with Crippen molar-refractivity contribution in [2.45, 2.75) is 17.9 Å². The maximum atomic E-state index is 6.07. The van der Waals surface area contributed by atoms with Gasteiger partial charge in [-0.05, 0) is 25.1 Å². The van der Waals surface area contributed by atoms with E-state index in [4.69, 9.17) is 27.9 Å². The van der Waals surface area contributed by atoms with E-state index in [0.717, 1.165) is 33.8 Å². The summed E-state index contributed by atoms with van der Waals surface area (Å²) in [6.45, 7) is 3.74. The average Bonchev–Trinajstić information content (AvgIpc) is 2.29. The van der Waals surface area contributed by atoms with Crippen LogP contribution in [0.2, 0.25) is 10.0 Å². The van der Waals surface area contributed by atoms with E-state index in [0.29, 0.717) is 6.04 Å². The van der Waals surface area contributed by atoms with Gasteiger partial charge in [0.1, 0.15) is 0 Å². The smallest absolute Gasteiger partial charge is 0.0613 e. The first kappa shape index (κ1) is 15.1. The lowest BCUT2D eigenvalue weighted by Crippen LogP contribution is -2.31. The third-order valence-corrected chi connectivity index (χ3v) is 3.90. The third-order valence-electron chi connectivity index (χ3n) is 2.16. The van der Waals surface area contributed by atoms with Gasteiger partial charge in [0.15, 0.2) is 0 Å². The van der Waals surface area contributed by atoms with Gasteiger partial charge in [0.05, 0.1) is 11.6 Å². The molecule has 0 aliphatic heterocycles. The Hall–Kier alpha value is 0.0700. The van der Waals surface area contributed by atoms with Gasteiger partial charge < -0.3 is 10.1 Å². The molecular formula is C12H17Cl2NOS. The average molecular weight is 294 g/mol. The number of rotatable bonds is 7. The highest BCUT2D eigenvalue weighted by molar-refractivity contribution is 7.99. The maximum absolute atomic E-state index is 6.07. The van der Waals surface area contributed by atoms with Crippen molar-refractivity contribution in [2.75, 3.05) is 26.0 Å². The van der Waals surface area contributed by atoms with E-state index in [9.17, 15) is 0 Å². The van der Waals surface area contributed by atoms with E-state index in [2.05, 4.69) is 12.2 Å². The lowest BCUT2D eigenvalue weighted by Gasteiger charge is -2.12. The summed E-state index contributed by atoms with van der Waals surface area (Å²) in [6, 6.07) is 5.89. The molecule has 0 aliphatic carbocycles. The van der Waals surface area contributed by atoms with Gasteiger partial charge in [-0.3, -0.25) is 0 Å². The summed E-state index contributed by atoms with van der Waals surface area (Å²) in [4.78, 5) is 1.03. The predicted molar refractivity (Wildman–Crippen MR) is 76.5 cm³/mol. The van der Waals surface area contributed by atoms with Gasteiger partial charge in [-0.2, -0.15) is 0 Å². The van der Waals surface area contributed by atoms with Crippen LogP contribution in [-0.2, 0) is 4.74 Å². The first-order valence-electron chi connectivity index (χ1n) is 5.43. The van der Waals surface area contributed by atoms with Crippen LogP contribution in [0.25, 0.3) is 0 Å². The molecule has 17 heavy (non-hydrogen) atoms. The molecule has 0 spiro atoms. The van der Waals surface area contributed by atoms with Crippen molar-refractivity contribution >= 4 is 35.0 Å². The maximum Gasteiger partial charge on any atom is 0.0613 e. The van der Waals surface area contributed by atoms with Crippen LogP contribution < -0.4 is 5.32 Å². The quantitative estimate of drug-likeness (QED) is 0.612. The van der Waals surface area contributed by atoms with Gasteiger partial charge in [-0.25, -0.2) is 0 Å². The molecule has 1 aromatic rings. The van der Waals surface area contributed by atoms with Crippen LogP contribution in [0.3, 0.4) is 0 Å². The summed E-state index contributed by atoms with van der Waals surface area (Å²) >= 11 is 13.7. The van der Waals surface area contributed by atoms with Crippen LogP contribution in [0.1, 0.15) is 6.92 Å². The molecule has 2 nitrogen and oxygen atoms in total. The molecule has 0 saturated heterocycles. The Morgan fingerprint density at radius 1 is 1.41 bits per heavy atom. The van der Waals surface area contributed by atoms with E-state index in [1.54, 1.807) is 24.9 Å². The van der Waals surface area contributed by atoms with Gasteiger partial charge in [0.25, 0.3) is 0 Å². The van der Waals surface area contributed by atoms with Crippen LogP contribution in [0.4, 0.5) is 0 Å². The Morgan fingerprint density at radius 2 is 2.18 bits per heavy atom. The molecule has 0 saturated carbocycles. The van der Waals surface area contributed by atoms with Crippen molar-refractivity contribution < 1.29 is 4.74 Å². The van der Waals surface area contributed by atoms with Crippen LogP contribution in [0.15, 0.2) is 23.1 Å². The zero-order chi connectivity index (χ0) is 12.7. The summed E-state index contributed by atoms with van der Waals surface area (Å²) in [6.07, 6.45) is 0. The summed E-state index contributed by atoms with van der Waals surface area (Å²) in [5.74, 6) is 0.952. The Kier molecular flexibility index (Phi) is 7.32. The fraction of sp³-hybridized carbons (Fsp3) is 0.500. The van der Waals surface area contributed by atoms with Gasteiger partial charge in [-0.15, -0.1) is 11.8 Å². The molecule has 96 valence electrons. The predicted octanol–water partition coefficient (Wildman–Crippen LogP) is 3.71. The fourth-order valence-electron chi connectivity index (χ4n) is 1.36. The molecular weight excluding hydrogens is 277 g/mol. The first-order chi connectivity index (χ1) is 8.13. The Labute approximate surface area is 117 Å². The Morgan fingerprint density at radius 3 is 2.88 bits per heavy atom.